The minimum Gasteiger partial charge on any atom is -0.497 e. The highest BCUT2D eigenvalue weighted by atomic mass is 79.9. The molecule has 176 valence electrons. The summed E-state index contributed by atoms with van der Waals surface area (Å²) < 4.78 is 18.9. The number of carbonyl (C=O) groups excluding carboxylic acids is 1. The van der Waals surface area contributed by atoms with Gasteiger partial charge in [-0.1, -0.05) is 12.1 Å². The Labute approximate surface area is 215 Å². The second-order valence-electron chi connectivity index (χ2n) is 8.50. The Kier molecular flexibility index (Phi) is 6.95. The molecule has 0 radical (unpaired) electrons. The van der Waals surface area contributed by atoms with Gasteiger partial charge in [-0.15, -0.1) is 22.7 Å². The summed E-state index contributed by atoms with van der Waals surface area (Å²) in [5.41, 5.74) is 3.41. The van der Waals surface area contributed by atoms with E-state index in [2.05, 4.69) is 57.0 Å². The molecule has 2 heterocycles. The summed E-state index contributed by atoms with van der Waals surface area (Å²) in [6, 6.07) is 14.5. The molecular formula is C27H25BrO4S2. The molecule has 0 saturated heterocycles. The Morgan fingerprint density at radius 1 is 1.12 bits per heavy atom. The van der Waals surface area contributed by atoms with Crippen molar-refractivity contribution >= 4 is 54.7 Å². The second-order valence-corrected chi connectivity index (χ2v) is 11.1. The third-order valence-electron chi connectivity index (χ3n) is 6.31. The van der Waals surface area contributed by atoms with Crippen molar-refractivity contribution in [3.05, 3.63) is 68.8 Å². The molecule has 0 N–H and O–H groups in total. The molecule has 1 aliphatic carbocycles. The number of esters is 1. The number of halogens is 1. The lowest BCUT2D eigenvalue weighted by molar-refractivity contribution is -0.141. The smallest absolute Gasteiger partial charge is 0.306 e. The van der Waals surface area contributed by atoms with Crippen LogP contribution < -0.4 is 9.47 Å². The largest absolute Gasteiger partial charge is 0.497 e. The zero-order chi connectivity index (χ0) is 23.7. The van der Waals surface area contributed by atoms with Crippen molar-refractivity contribution < 1.29 is 19.0 Å². The van der Waals surface area contributed by atoms with Crippen LogP contribution in [0, 0.1) is 5.92 Å². The van der Waals surface area contributed by atoms with E-state index in [1.165, 1.54) is 34.9 Å². The van der Waals surface area contributed by atoms with Gasteiger partial charge in [0.25, 0.3) is 0 Å². The van der Waals surface area contributed by atoms with Crippen LogP contribution in [0.1, 0.15) is 36.3 Å². The van der Waals surface area contributed by atoms with E-state index in [9.17, 15) is 4.79 Å². The highest BCUT2D eigenvalue weighted by Gasteiger charge is 2.34. The molecule has 2 aromatic heterocycles. The molecule has 4 nitrogen and oxygen atoms in total. The van der Waals surface area contributed by atoms with Crippen molar-refractivity contribution in [2.75, 3.05) is 14.2 Å². The molecule has 0 spiro atoms. The molecule has 4 aromatic rings. The Balaban J connectivity index is 1.35. The monoisotopic (exact) mass is 556 g/mol. The Hall–Kier alpha value is -2.35. The maximum absolute atomic E-state index is 11.9. The molecule has 0 bridgehead atoms. The zero-order valence-corrected chi connectivity index (χ0v) is 22.2. The number of carbonyl (C=O) groups is 1. The number of ether oxygens (including phenoxy) is 3. The SMILES string of the molecule is COC(=O)C[C@H](c1cccc(OCc2csc(-c3cc(OC)cc4sccc34)c2Br)c1)C1CC1. The van der Waals surface area contributed by atoms with E-state index in [1.54, 1.807) is 29.8 Å². The summed E-state index contributed by atoms with van der Waals surface area (Å²) in [6.07, 6.45) is 2.75. The van der Waals surface area contributed by atoms with Crippen molar-refractivity contribution in [3.63, 3.8) is 0 Å². The minimum absolute atomic E-state index is 0.157. The van der Waals surface area contributed by atoms with E-state index >= 15 is 0 Å². The fourth-order valence-corrected chi connectivity index (χ4v) is 7.02. The normalized spacial score (nSPS) is 14.2. The van der Waals surface area contributed by atoms with Crippen LogP contribution in [0.25, 0.3) is 20.5 Å². The van der Waals surface area contributed by atoms with E-state index in [0.717, 1.165) is 32.7 Å². The number of benzene rings is 2. The molecular weight excluding hydrogens is 532 g/mol. The lowest BCUT2D eigenvalue weighted by atomic mass is 9.91. The number of thiophene rings is 2. The lowest BCUT2D eigenvalue weighted by Crippen LogP contribution is -2.10. The van der Waals surface area contributed by atoms with Crippen LogP contribution in [-0.2, 0) is 16.1 Å². The summed E-state index contributed by atoms with van der Waals surface area (Å²) in [5.74, 6) is 2.26. The molecule has 0 aliphatic heterocycles. The first kappa shape index (κ1) is 23.4. The number of fused-ring (bicyclic) bond motifs is 1. The summed E-state index contributed by atoms with van der Waals surface area (Å²) in [5, 5.41) is 5.48. The van der Waals surface area contributed by atoms with Crippen molar-refractivity contribution in [2.45, 2.75) is 31.8 Å². The summed E-state index contributed by atoms with van der Waals surface area (Å²) in [7, 11) is 3.15. The van der Waals surface area contributed by atoms with Crippen molar-refractivity contribution in [2.24, 2.45) is 5.92 Å². The molecule has 1 aliphatic rings. The number of rotatable bonds is 9. The molecule has 5 rings (SSSR count). The highest BCUT2D eigenvalue weighted by molar-refractivity contribution is 9.10. The third-order valence-corrected chi connectivity index (χ3v) is 9.41. The molecule has 34 heavy (non-hydrogen) atoms. The van der Waals surface area contributed by atoms with Gasteiger partial charge < -0.3 is 14.2 Å². The number of hydrogen-bond acceptors (Lipinski definition) is 6. The van der Waals surface area contributed by atoms with E-state index in [-0.39, 0.29) is 11.9 Å². The van der Waals surface area contributed by atoms with E-state index in [0.29, 0.717) is 18.9 Å². The zero-order valence-electron chi connectivity index (χ0n) is 19.0. The maximum atomic E-state index is 11.9. The minimum atomic E-state index is -0.157. The van der Waals surface area contributed by atoms with E-state index in [4.69, 9.17) is 14.2 Å². The Bertz CT molecular complexity index is 1320. The van der Waals surface area contributed by atoms with Crippen LogP contribution in [0.3, 0.4) is 0 Å². The summed E-state index contributed by atoms with van der Waals surface area (Å²) >= 11 is 7.24. The lowest BCUT2D eigenvalue weighted by Gasteiger charge is -2.16. The number of hydrogen-bond donors (Lipinski definition) is 0. The Morgan fingerprint density at radius 3 is 2.74 bits per heavy atom. The van der Waals surface area contributed by atoms with Gasteiger partial charge in [0, 0.05) is 30.6 Å². The number of methoxy groups -OCH3 is 2. The predicted molar refractivity (Wildman–Crippen MR) is 142 cm³/mol. The molecule has 0 unspecified atom stereocenters. The first-order valence-electron chi connectivity index (χ1n) is 11.2. The van der Waals surface area contributed by atoms with Gasteiger partial charge in [-0.2, -0.15) is 0 Å². The quantitative estimate of drug-likeness (QED) is 0.196. The van der Waals surface area contributed by atoms with Crippen LogP contribution in [-0.4, -0.2) is 20.2 Å². The fourth-order valence-electron chi connectivity index (χ4n) is 4.32. The summed E-state index contributed by atoms with van der Waals surface area (Å²) in [4.78, 5) is 13.1. The van der Waals surface area contributed by atoms with Gasteiger partial charge in [0.2, 0.25) is 0 Å². The molecule has 1 fully saturated rings. The Morgan fingerprint density at radius 2 is 1.97 bits per heavy atom. The van der Waals surface area contributed by atoms with Gasteiger partial charge in [0.05, 0.1) is 20.6 Å². The van der Waals surface area contributed by atoms with Crippen molar-refractivity contribution in [3.8, 4) is 21.9 Å². The van der Waals surface area contributed by atoms with Crippen LogP contribution in [0.2, 0.25) is 0 Å². The molecule has 2 aromatic carbocycles. The predicted octanol–water partition coefficient (Wildman–Crippen LogP) is 8.04. The van der Waals surface area contributed by atoms with Crippen LogP contribution >= 0.6 is 38.6 Å². The standard InChI is InChI=1S/C27H25BrO4S2/c1-30-20-11-23(21-8-9-33-24(21)12-20)27-26(28)18(15-34-27)14-32-19-5-3-4-17(10-19)22(16-6-7-16)13-25(29)31-2/h3-5,8-12,15-16,22H,6-7,13-14H2,1-2H3/t22-/m0/s1. The van der Waals surface area contributed by atoms with Gasteiger partial charge in [0.1, 0.15) is 18.1 Å². The first-order valence-corrected chi connectivity index (χ1v) is 13.7. The van der Waals surface area contributed by atoms with Crippen LogP contribution in [0.5, 0.6) is 11.5 Å². The maximum Gasteiger partial charge on any atom is 0.306 e. The van der Waals surface area contributed by atoms with Crippen molar-refractivity contribution in [1.29, 1.82) is 0 Å². The summed E-state index contributed by atoms with van der Waals surface area (Å²) in [6.45, 7) is 0.461. The van der Waals surface area contributed by atoms with E-state index in [1.807, 2.05) is 12.1 Å². The van der Waals surface area contributed by atoms with Gasteiger partial charge in [-0.25, -0.2) is 0 Å². The van der Waals surface area contributed by atoms with Crippen LogP contribution in [0.4, 0.5) is 0 Å². The molecule has 1 atom stereocenters. The van der Waals surface area contributed by atoms with Gasteiger partial charge >= 0.3 is 5.97 Å². The van der Waals surface area contributed by atoms with Gasteiger partial charge in [-0.3, -0.25) is 4.79 Å². The molecule has 7 heteroatoms. The average Bonchev–Trinajstić information content (AvgIpc) is 3.47. The second kappa shape index (κ2) is 10.1. The fraction of sp³-hybridized carbons (Fsp3) is 0.296. The molecule has 1 saturated carbocycles. The van der Waals surface area contributed by atoms with Gasteiger partial charge in [0.15, 0.2) is 0 Å². The topological polar surface area (TPSA) is 44.8 Å². The third kappa shape index (κ3) is 4.88. The molecule has 0 amide bonds. The highest BCUT2D eigenvalue weighted by Crippen LogP contribution is 2.46. The van der Waals surface area contributed by atoms with Crippen LogP contribution in [0.15, 0.2) is 57.7 Å². The van der Waals surface area contributed by atoms with Crippen molar-refractivity contribution in [1.82, 2.24) is 0 Å². The van der Waals surface area contributed by atoms with Gasteiger partial charge in [-0.05, 0) is 87.3 Å². The first-order chi connectivity index (χ1) is 16.6. The average molecular weight is 558 g/mol. The van der Waals surface area contributed by atoms with E-state index < -0.39 is 0 Å².